The topological polar surface area (TPSA) is 37.5 Å². The van der Waals surface area contributed by atoms with Crippen molar-refractivity contribution in [2.75, 3.05) is 0 Å². The molecule has 0 aliphatic rings. The highest BCUT2D eigenvalue weighted by atomic mass is 19.1. The van der Waals surface area contributed by atoms with E-state index >= 15 is 0 Å². The van der Waals surface area contributed by atoms with Crippen LogP contribution in [0.4, 0.5) is 4.39 Å². The number of nitrogens with zero attached hydrogens (tertiary/aromatic N) is 2. The molecule has 0 aliphatic carbocycles. The van der Waals surface area contributed by atoms with Crippen molar-refractivity contribution >= 4 is 5.52 Å². The quantitative estimate of drug-likeness (QED) is 0.779. The van der Waals surface area contributed by atoms with E-state index in [9.17, 15) is 9.50 Å². The third kappa shape index (κ3) is 2.53. The average Bonchev–Trinajstić information content (AvgIpc) is 2.80. The Labute approximate surface area is 135 Å². The summed E-state index contributed by atoms with van der Waals surface area (Å²) in [6.45, 7) is 8.22. The maximum absolute atomic E-state index is 13.2. The van der Waals surface area contributed by atoms with Gasteiger partial charge in [0, 0.05) is 16.8 Å². The molecule has 0 unspecified atom stereocenters. The smallest absolute Gasteiger partial charge is 0.123 e. The standard InChI is InChI=1S/C19H21FN2O/c1-11(2)17-16(10-23)18(14-5-7-15(20)8-6-14)21-22-13(4)9-12(3)19(17)22/h5-9,11,23H,10H2,1-4H3. The molecule has 3 nitrogen and oxygen atoms in total. The van der Waals surface area contributed by atoms with E-state index in [2.05, 4.69) is 26.8 Å². The largest absolute Gasteiger partial charge is 0.392 e. The second kappa shape index (κ2) is 5.78. The molecule has 3 aromatic rings. The first-order valence-corrected chi connectivity index (χ1v) is 7.82. The van der Waals surface area contributed by atoms with Crippen LogP contribution in [-0.2, 0) is 6.61 Å². The SMILES string of the molecule is Cc1cc(C)n2nc(-c3ccc(F)cc3)c(CO)c(C(C)C)c12. The Balaban J connectivity index is 2.42. The monoisotopic (exact) mass is 312 g/mol. The van der Waals surface area contributed by atoms with Gasteiger partial charge in [0.05, 0.1) is 17.8 Å². The number of hydrogen-bond donors (Lipinski definition) is 1. The molecule has 0 atom stereocenters. The predicted molar refractivity (Wildman–Crippen MR) is 90.1 cm³/mol. The molecule has 1 N–H and O–H groups in total. The van der Waals surface area contributed by atoms with E-state index in [0.29, 0.717) is 5.69 Å². The summed E-state index contributed by atoms with van der Waals surface area (Å²) in [6, 6.07) is 8.36. The lowest BCUT2D eigenvalue weighted by Gasteiger charge is -2.18. The van der Waals surface area contributed by atoms with E-state index in [0.717, 1.165) is 33.5 Å². The Bertz CT molecular complexity index is 863. The third-order valence-electron chi connectivity index (χ3n) is 4.26. The van der Waals surface area contributed by atoms with Crippen LogP contribution in [0.25, 0.3) is 16.8 Å². The molecule has 120 valence electrons. The minimum absolute atomic E-state index is 0.0899. The molecule has 0 saturated heterocycles. The van der Waals surface area contributed by atoms with E-state index in [1.807, 2.05) is 11.4 Å². The molecule has 0 aliphatic heterocycles. The first-order chi connectivity index (χ1) is 10.9. The maximum atomic E-state index is 13.2. The molecule has 0 bridgehead atoms. The van der Waals surface area contributed by atoms with Gasteiger partial charge in [0.1, 0.15) is 5.82 Å². The van der Waals surface area contributed by atoms with Crippen molar-refractivity contribution in [1.82, 2.24) is 9.61 Å². The van der Waals surface area contributed by atoms with Crippen LogP contribution < -0.4 is 0 Å². The molecular weight excluding hydrogens is 291 g/mol. The van der Waals surface area contributed by atoms with Crippen LogP contribution in [0.15, 0.2) is 30.3 Å². The minimum atomic E-state index is -0.280. The number of halogens is 1. The fourth-order valence-electron chi connectivity index (χ4n) is 3.29. The number of hydrogen-bond acceptors (Lipinski definition) is 2. The Morgan fingerprint density at radius 2 is 1.83 bits per heavy atom. The van der Waals surface area contributed by atoms with Gasteiger partial charge in [0.2, 0.25) is 0 Å². The molecule has 2 heterocycles. The highest BCUT2D eigenvalue weighted by molar-refractivity contribution is 5.73. The van der Waals surface area contributed by atoms with Crippen LogP contribution in [0, 0.1) is 19.7 Å². The van der Waals surface area contributed by atoms with Crippen LogP contribution >= 0.6 is 0 Å². The van der Waals surface area contributed by atoms with Gasteiger partial charge in [-0.15, -0.1) is 0 Å². The molecule has 4 heteroatoms. The van der Waals surface area contributed by atoms with E-state index in [-0.39, 0.29) is 18.3 Å². The number of rotatable bonds is 3. The summed E-state index contributed by atoms with van der Waals surface area (Å²) in [4.78, 5) is 0. The molecule has 0 fully saturated rings. The van der Waals surface area contributed by atoms with Gasteiger partial charge < -0.3 is 5.11 Å². The summed E-state index contributed by atoms with van der Waals surface area (Å²) in [5.41, 5.74) is 6.71. The van der Waals surface area contributed by atoms with E-state index in [1.165, 1.54) is 12.1 Å². The molecule has 23 heavy (non-hydrogen) atoms. The molecule has 3 rings (SSSR count). The Morgan fingerprint density at radius 1 is 1.17 bits per heavy atom. The van der Waals surface area contributed by atoms with Crippen molar-refractivity contribution < 1.29 is 9.50 Å². The van der Waals surface area contributed by atoms with Gasteiger partial charge in [-0.1, -0.05) is 13.8 Å². The highest BCUT2D eigenvalue weighted by Crippen LogP contribution is 2.34. The van der Waals surface area contributed by atoms with Crippen LogP contribution in [0.5, 0.6) is 0 Å². The summed E-state index contributed by atoms with van der Waals surface area (Å²) in [5.74, 6) is -0.0349. The second-order valence-corrected chi connectivity index (χ2v) is 6.29. The lowest BCUT2D eigenvalue weighted by molar-refractivity contribution is 0.280. The fraction of sp³-hybridized carbons (Fsp3) is 0.316. The van der Waals surface area contributed by atoms with E-state index in [4.69, 9.17) is 5.10 Å². The zero-order chi connectivity index (χ0) is 16.7. The Kier molecular flexibility index (Phi) is 3.94. The van der Waals surface area contributed by atoms with E-state index < -0.39 is 0 Å². The van der Waals surface area contributed by atoms with Gasteiger partial charge in [0.15, 0.2) is 0 Å². The van der Waals surface area contributed by atoms with Crippen molar-refractivity contribution in [1.29, 1.82) is 0 Å². The van der Waals surface area contributed by atoms with Crippen LogP contribution in [0.1, 0.15) is 42.1 Å². The van der Waals surface area contributed by atoms with Crippen LogP contribution in [0.2, 0.25) is 0 Å². The number of aliphatic hydroxyl groups is 1. The first-order valence-electron chi connectivity index (χ1n) is 7.82. The summed E-state index contributed by atoms with van der Waals surface area (Å²) in [7, 11) is 0. The lowest BCUT2D eigenvalue weighted by Crippen LogP contribution is -2.09. The molecular formula is C19H21FN2O. The first kappa shape index (κ1) is 15.7. The number of fused-ring (bicyclic) bond motifs is 1. The summed E-state index contributed by atoms with van der Waals surface area (Å²) in [5, 5.41) is 14.7. The van der Waals surface area contributed by atoms with Gasteiger partial charge in [-0.2, -0.15) is 5.10 Å². The van der Waals surface area contributed by atoms with Crippen molar-refractivity contribution in [3.8, 4) is 11.3 Å². The summed E-state index contributed by atoms with van der Waals surface area (Å²) < 4.78 is 15.2. The van der Waals surface area contributed by atoms with Gasteiger partial charge >= 0.3 is 0 Å². The zero-order valence-electron chi connectivity index (χ0n) is 13.9. The highest BCUT2D eigenvalue weighted by Gasteiger charge is 2.21. The van der Waals surface area contributed by atoms with Crippen molar-refractivity contribution in [3.63, 3.8) is 0 Å². The van der Waals surface area contributed by atoms with Crippen molar-refractivity contribution in [3.05, 3.63) is 58.5 Å². The van der Waals surface area contributed by atoms with Gasteiger partial charge in [0.25, 0.3) is 0 Å². The average molecular weight is 312 g/mol. The summed E-state index contributed by atoms with van der Waals surface area (Å²) in [6.07, 6.45) is 0. The molecule has 0 amide bonds. The van der Waals surface area contributed by atoms with Crippen molar-refractivity contribution in [2.45, 2.75) is 40.2 Å². The number of aryl methyl sites for hydroxylation is 2. The zero-order valence-corrected chi connectivity index (χ0v) is 13.9. The molecule has 1 aromatic carbocycles. The number of benzene rings is 1. The molecule has 0 radical (unpaired) electrons. The Morgan fingerprint density at radius 3 is 2.39 bits per heavy atom. The number of aliphatic hydroxyl groups excluding tert-OH is 1. The molecule has 0 spiro atoms. The maximum Gasteiger partial charge on any atom is 0.123 e. The fourth-order valence-corrected chi connectivity index (χ4v) is 3.29. The Hall–Kier alpha value is -2.20. The summed E-state index contributed by atoms with van der Waals surface area (Å²) >= 11 is 0. The lowest BCUT2D eigenvalue weighted by atomic mass is 9.93. The van der Waals surface area contributed by atoms with Crippen LogP contribution in [-0.4, -0.2) is 14.7 Å². The third-order valence-corrected chi connectivity index (χ3v) is 4.26. The second-order valence-electron chi connectivity index (χ2n) is 6.29. The van der Waals surface area contributed by atoms with Crippen molar-refractivity contribution in [2.24, 2.45) is 0 Å². The van der Waals surface area contributed by atoms with E-state index in [1.54, 1.807) is 12.1 Å². The van der Waals surface area contributed by atoms with Gasteiger partial charge in [-0.3, -0.25) is 0 Å². The van der Waals surface area contributed by atoms with Gasteiger partial charge in [-0.25, -0.2) is 8.91 Å². The van der Waals surface area contributed by atoms with Gasteiger partial charge in [-0.05, 0) is 61.2 Å². The minimum Gasteiger partial charge on any atom is -0.392 e. The number of aromatic nitrogens is 2. The molecule has 2 aromatic heterocycles. The normalized spacial score (nSPS) is 11.6. The predicted octanol–water partition coefficient (Wildman–Crippen LogP) is 4.37. The van der Waals surface area contributed by atoms with Crippen LogP contribution in [0.3, 0.4) is 0 Å². The molecule has 0 saturated carbocycles.